The van der Waals surface area contributed by atoms with Gasteiger partial charge in [-0.3, -0.25) is 9.59 Å². The maximum Gasteiger partial charge on any atom is 0.299 e. The van der Waals surface area contributed by atoms with Gasteiger partial charge < -0.3 is 10.2 Å². The summed E-state index contributed by atoms with van der Waals surface area (Å²) in [7, 11) is 0. The second-order valence-electron chi connectivity index (χ2n) is 6.44. The molecule has 0 saturated carbocycles. The molecule has 1 aliphatic heterocycles. The molecule has 2 rings (SSSR count). The van der Waals surface area contributed by atoms with Crippen molar-refractivity contribution < 1.29 is 9.59 Å². The zero-order valence-corrected chi connectivity index (χ0v) is 14.5. The van der Waals surface area contributed by atoms with Crippen molar-refractivity contribution in [3.05, 3.63) is 27.7 Å². The number of halogens is 1. The van der Waals surface area contributed by atoms with Crippen LogP contribution >= 0.6 is 15.9 Å². The minimum Gasteiger partial charge on any atom is -0.312 e. The highest BCUT2D eigenvalue weighted by Crippen LogP contribution is 2.34. The third-order valence-electron chi connectivity index (χ3n) is 3.43. The highest BCUT2D eigenvalue weighted by atomic mass is 79.9. The monoisotopic (exact) mass is 352 g/mol. The van der Waals surface area contributed by atoms with E-state index in [0.29, 0.717) is 12.1 Å². The Hall–Kier alpha value is -1.20. The first kappa shape index (κ1) is 16.2. The zero-order valence-electron chi connectivity index (χ0n) is 12.9. The van der Waals surface area contributed by atoms with Gasteiger partial charge in [-0.2, -0.15) is 0 Å². The van der Waals surface area contributed by atoms with Crippen molar-refractivity contribution in [1.29, 1.82) is 0 Å². The lowest BCUT2D eigenvalue weighted by atomic mass is 10.1. The van der Waals surface area contributed by atoms with Crippen LogP contribution < -0.4 is 10.2 Å². The molecule has 1 heterocycles. The van der Waals surface area contributed by atoms with E-state index in [2.05, 4.69) is 42.0 Å². The number of nitrogens with zero attached hydrogens (tertiary/aromatic N) is 1. The summed E-state index contributed by atoms with van der Waals surface area (Å²) in [5.41, 5.74) is 2.28. The Morgan fingerprint density at radius 3 is 2.52 bits per heavy atom. The van der Waals surface area contributed by atoms with Crippen LogP contribution in [0.5, 0.6) is 0 Å². The predicted octanol–water partition coefficient (Wildman–Crippen LogP) is 3.07. The van der Waals surface area contributed by atoms with E-state index < -0.39 is 11.7 Å². The molecule has 0 radical (unpaired) electrons. The van der Waals surface area contributed by atoms with Crippen molar-refractivity contribution in [2.75, 3.05) is 18.0 Å². The Balaban J connectivity index is 2.12. The molecule has 114 valence electrons. The fourth-order valence-corrected chi connectivity index (χ4v) is 3.09. The summed E-state index contributed by atoms with van der Waals surface area (Å²) in [4.78, 5) is 25.8. The van der Waals surface area contributed by atoms with Crippen molar-refractivity contribution in [3.63, 3.8) is 0 Å². The number of carbonyl (C=O) groups excluding carboxylic acids is 2. The summed E-state index contributed by atoms with van der Waals surface area (Å²) >= 11 is 3.38. The highest BCUT2D eigenvalue weighted by molar-refractivity contribution is 9.10. The Labute approximate surface area is 134 Å². The molecule has 0 aliphatic carbocycles. The van der Waals surface area contributed by atoms with Gasteiger partial charge >= 0.3 is 0 Å². The molecule has 21 heavy (non-hydrogen) atoms. The van der Waals surface area contributed by atoms with E-state index in [0.717, 1.165) is 28.7 Å². The molecule has 4 nitrogen and oxygen atoms in total. The number of nitrogens with one attached hydrogen (secondary N) is 1. The summed E-state index contributed by atoms with van der Waals surface area (Å²) in [6.07, 6.45) is 0.811. The summed E-state index contributed by atoms with van der Waals surface area (Å²) < 4.78 is 0.830. The van der Waals surface area contributed by atoms with E-state index in [-0.39, 0.29) is 5.54 Å². The molecule has 1 amide bonds. The molecule has 0 spiro atoms. The summed E-state index contributed by atoms with van der Waals surface area (Å²) in [5.74, 6) is -0.819. The van der Waals surface area contributed by atoms with Crippen LogP contribution in [0.1, 0.15) is 43.1 Å². The Morgan fingerprint density at radius 2 is 1.90 bits per heavy atom. The van der Waals surface area contributed by atoms with Crippen LogP contribution in [0.2, 0.25) is 0 Å². The lowest BCUT2D eigenvalue weighted by Gasteiger charge is -2.22. The van der Waals surface area contributed by atoms with Gasteiger partial charge in [0.15, 0.2) is 0 Å². The number of hydrogen-bond acceptors (Lipinski definition) is 3. The minimum absolute atomic E-state index is 0.0591. The number of Topliss-reactive ketones (excluding diaryl/α,β-unsaturated/α-hetero) is 1. The van der Waals surface area contributed by atoms with Gasteiger partial charge in [-0.1, -0.05) is 15.9 Å². The SMILES string of the molecule is Cc1cc(Br)cc2c1N(CCCNC(C)(C)C)C(=O)C2=O. The molecule has 1 aromatic rings. The zero-order chi connectivity index (χ0) is 15.8. The Bertz CT molecular complexity index is 591. The molecule has 0 fully saturated rings. The molecule has 0 aromatic heterocycles. The predicted molar refractivity (Wildman–Crippen MR) is 87.9 cm³/mol. The largest absolute Gasteiger partial charge is 0.312 e. The summed E-state index contributed by atoms with van der Waals surface area (Å²) in [6.45, 7) is 9.61. The smallest absolute Gasteiger partial charge is 0.299 e. The van der Waals surface area contributed by atoms with Gasteiger partial charge in [-0.05, 0) is 58.4 Å². The first-order chi connectivity index (χ1) is 9.70. The van der Waals surface area contributed by atoms with Crippen LogP contribution in [-0.2, 0) is 4.79 Å². The molecule has 0 saturated heterocycles. The molecular weight excluding hydrogens is 332 g/mol. The second kappa shape index (κ2) is 5.89. The number of fused-ring (bicyclic) bond motifs is 1. The van der Waals surface area contributed by atoms with Crippen LogP contribution in [0.15, 0.2) is 16.6 Å². The minimum atomic E-state index is -0.415. The fraction of sp³-hybridized carbons (Fsp3) is 0.500. The van der Waals surface area contributed by atoms with Crippen molar-refractivity contribution in [2.24, 2.45) is 0 Å². The molecule has 0 atom stereocenters. The number of amides is 1. The lowest BCUT2D eigenvalue weighted by molar-refractivity contribution is -0.114. The Kier molecular flexibility index (Phi) is 4.54. The topological polar surface area (TPSA) is 49.4 Å². The number of hydrogen-bond donors (Lipinski definition) is 1. The van der Waals surface area contributed by atoms with Gasteiger partial charge in [0.05, 0.1) is 11.3 Å². The second-order valence-corrected chi connectivity index (χ2v) is 7.35. The fourth-order valence-electron chi connectivity index (χ4n) is 2.52. The molecular formula is C16H21BrN2O2. The maximum atomic E-state index is 12.2. The molecule has 0 bridgehead atoms. The highest BCUT2D eigenvalue weighted by Gasteiger charge is 2.36. The average Bonchev–Trinajstić information content (AvgIpc) is 2.58. The summed E-state index contributed by atoms with van der Waals surface area (Å²) in [6, 6.07) is 3.67. The first-order valence-corrected chi connectivity index (χ1v) is 7.91. The van der Waals surface area contributed by atoms with Gasteiger partial charge in [-0.15, -0.1) is 0 Å². The third-order valence-corrected chi connectivity index (χ3v) is 3.89. The molecule has 5 heteroatoms. The number of anilines is 1. The number of aryl methyl sites for hydroxylation is 1. The van der Waals surface area contributed by atoms with E-state index >= 15 is 0 Å². The van der Waals surface area contributed by atoms with Crippen molar-refractivity contribution in [2.45, 2.75) is 39.7 Å². The van der Waals surface area contributed by atoms with Gasteiger partial charge in [0.25, 0.3) is 11.7 Å². The number of ketones is 1. The average molecular weight is 353 g/mol. The Morgan fingerprint density at radius 1 is 1.24 bits per heavy atom. The molecule has 1 aliphatic rings. The molecule has 0 unspecified atom stereocenters. The van der Waals surface area contributed by atoms with Crippen LogP contribution in [0, 0.1) is 6.92 Å². The number of carbonyl (C=O) groups is 2. The number of benzene rings is 1. The standard InChI is InChI=1S/C16H21BrN2O2/c1-10-8-11(17)9-12-13(10)19(15(21)14(12)20)7-5-6-18-16(2,3)4/h8-9,18H,5-7H2,1-4H3. The van der Waals surface area contributed by atoms with E-state index in [9.17, 15) is 9.59 Å². The molecule has 1 N–H and O–H groups in total. The van der Waals surface area contributed by atoms with Crippen LogP contribution in [0.3, 0.4) is 0 Å². The summed E-state index contributed by atoms with van der Waals surface area (Å²) in [5, 5.41) is 3.39. The quantitative estimate of drug-likeness (QED) is 0.669. The molecule has 1 aromatic carbocycles. The first-order valence-electron chi connectivity index (χ1n) is 7.12. The van der Waals surface area contributed by atoms with Gasteiger partial charge in [0.1, 0.15) is 0 Å². The maximum absolute atomic E-state index is 12.2. The van der Waals surface area contributed by atoms with Crippen LogP contribution in [0.4, 0.5) is 5.69 Å². The lowest BCUT2D eigenvalue weighted by Crippen LogP contribution is -2.38. The van der Waals surface area contributed by atoms with Gasteiger partial charge in [0.2, 0.25) is 0 Å². The van der Waals surface area contributed by atoms with Crippen molar-refractivity contribution >= 4 is 33.3 Å². The normalized spacial score (nSPS) is 14.8. The van der Waals surface area contributed by atoms with E-state index in [1.165, 1.54) is 0 Å². The van der Waals surface area contributed by atoms with Crippen molar-refractivity contribution in [3.8, 4) is 0 Å². The number of rotatable bonds is 4. The third kappa shape index (κ3) is 3.52. The van der Waals surface area contributed by atoms with E-state index in [1.807, 2.05) is 13.0 Å². The van der Waals surface area contributed by atoms with Crippen LogP contribution in [-0.4, -0.2) is 30.3 Å². The van der Waals surface area contributed by atoms with Crippen LogP contribution in [0.25, 0.3) is 0 Å². The van der Waals surface area contributed by atoms with E-state index in [4.69, 9.17) is 0 Å². The van der Waals surface area contributed by atoms with Gasteiger partial charge in [0, 0.05) is 16.6 Å². The van der Waals surface area contributed by atoms with Crippen molar-refractivity contribution in [1.82, 2.24) is 5.32 Å². The van der Waals surface area contributed by atoms with E-state index in [1.54, 1.807) is 11.0 Å². The van der Waals surface area contributed by atoms with Gasteiger partial charge in [-0.25, -0.2) is 0 Å².